The Morgan fingerprint density at radius 1 is 1.28 bits per heavy atom. The lowest BCUT2D eigenvalue weighted by Crippen LogP contribution is -2.36. The SMILES string of the molecule is Cc1cccc(-n2cc(CN3CCc4[nH]cnc4[C@H]3C3CC3)cn2)c1. The maximum absolute atomic E-state index is 4.64. The summed E-state index contributed by atoms with van der Waals surface area (Å²) < 4.78 is 1.98. The van der Waals surface area contributed by atoms with Gasteiger partial charge in [-0.25, -0.2) is 9.67 Å². The Morgan fingerprint density at radius 3 is 3.04 bits per heavy atom. The van der Waals surface area contributed by atoms with Gasteiger partial charge in [0.1, 0.15) is 0 Å². The Morgan fingerprint density at radius 2 is 2.20 bits per heavy atom. The molecule has 5 rings (SSSR count). The summed E-state index contributed by atoms with van der Waals surface area (Å²) >= 11 is 0. The van der Waals surface area contributed by atoms with E-state index in [1.54, 1.807) is 0 Å². The topological polar surface area (TPSA) is 49.7 Å². The zero-order valence-electron chi connectivity index (χ0n) is 14.5. The molecule has 1 fully saturated rings. The van der Waals surface area contributed by atoms with E-state index in [1.165, 1.54) is 35.4 Å². The van der Waals surface area contributed by atoms with E-state index in [2.05, 4.69) is 57.4 Å². The molecular weight excluding hydrogens is 310 g/mol. The molecule has 3 aromatic rings. The fraction of sp³-hybridized carbons (Fsp3) is 0.400. The van der Waals surface area contributed by atoms with Crippen LogP contribution in [-0.2, 0) is 13.0 Å². The third kappa shape index (κ3) is 2.78. The van der Waals surface area contributed by atoms with Crippen LogP contribution in [0.4, 0.5) is 0 Å². The van der Waals surface area contributed by atoms with Crippen molar-refractivity contribution in [2.24, 2.45) is 5.92 Å². The summed E-state index contributed by atoms with van der Waals surface area (Å²) in [5, 5.41) is 4.58. The number of aromatic nitrogens is 4. The third-order valence-corrected chi connectivity index (χ3v) is 5.43. The first-order valence-electron chi connectivity index (χ1n) is 9.15. The zero-order valence-corrected chi connectivity index (χ0v) is 14.5. The van der Waals surface area contributed by atoms with E-state index >= 15 is 0 Å². The molecular formula is C20H23N5. The number of nitrogens with zero attached hydrogens (tertiary/aromatic N) is 4. The number of hydrogen-bond donors (Lipinski definition) is 1. The van der Waals surface area contributed by atoms with Crippen molar-refractivity contribution in [3.05, 3.63) is 65.5 Å². The Labute approximate surface area is 147 Å². The average molecular weight is 333 g/mol. The summed E-state index contributed by atoms with van der Waals surface area (Å²) in [5.41, 5.74) is 6.26. The number of imidazole rings is 1. The highest BCUT2D eigenvalue weighted by Crippen LogP contribution is 2.46. The largest absolute Gasteiger partial charge is 0.348 e. The highest BCUT2D eigenvalue weighted by Gasteiger charge is 2.40. The highest BCUT2D eigenvalue weighted by molar-refractivity contribution is 5.35. The van der Waals surface area contributed by atoms with Crippen molar-refractivity contribution < 1.29 is 0 Å². The lowest BCUT2D eigenvalue weighted by molar-refractivity contribution is 0.152. The van der Waals surface area contributed by atoms with E-state index in [9.17, 15) is 0 Å². The first kappa shape index (κ1) is 14.9. The van der Waals surface area contributed by atoms with Crippen LogP contribution in [0, 0.1) is 12.8 Å². The summed E-state index contributed by atoms with van der Waals surface area (Å²) in [6, 6.07) is 8.94. The smallest absolute Gasteiger partial charge is 0.0925 e. The molecule has 1 aliphatic carbocycles. The molecule has 2 aromatic heterocycles. The number of benzene rings is 1. The summed E-state index contributed by atoms with van der Waals surface area (Å²) in [5.74, 6) is 0.772. The monoisotopic (exact) mass is 333 g/mol. The molecule has 0 spiro atoms. The molecule has 0 amide bonds. The van der Waals surface area contributed by atoms with Gasteiger partial charge in [0.05, 0.1) is 29.9 Å². The molecule has 0 unspecified atom stereocenters. The summed E-state index contributed by atoms with van der Waals surface area (Å²) in [7, 11) is 0. The number of nitrogens with one attached hydrogen (secondary N) is 1. The first-order valence-corrected chi connectivity index (χ1v) is 9.15. The van der Waals surface area contributed by atoms with Gasteiger partial charge in [0.25, 0.3) is 0 Å². The van der Waals surface area contributed by atoms with Gasteiger partial charge in [0.15, 0.2) is 0 Å². The van der Waals surface area contributed by atoms with E-state index in [-0.39, 0.29) is 0 Å². The van der Waals surface area contributed by atoms with Gasteiger partial charge in [-0.1, -0.05) is 12.1 Å². The highest BCUT2D eigenvalue weighted by atomic mass is 15.3. The zero-order chi connectivity index (χ0) is 16.8. The van der Waals surface area contributed by atoms with Crippen molar-refractivity contribution in [3.63, 3.8) is 0 Å². The van der Waals surface area contributed by atoms with E-state index in [1.807, 2.05) is 17.2 Å². The van der Waals surface area contributed by atoms with Gasteiger partial charge in [-0.15, -0.1) is 0 Å². The molecule has 3 heterocycles. The third-order valence-electron chi connectivity index (χ3n) is 5.43. The number of H-pyrrole nitrogens is 1. The van der Waals surface area contributed by atoms with Crippen molar-refractivity contribution in [2.75, 3.05) is 6.54 Å². The Balaban J connectivity index is 1.39. The molecule has 1 saturated carbocycles. The van der Waals surface area contributed by atoms with Crippen LogP contribution in [0.2, 0.25) is 0 Å². The first-order chi connectivity index (χ1) is 12.3. The van der Waals surface area contributed by atoms with E-state index in [0.29, 0.717) is 6.04 Å². The van der Waals surface area contributed by atoms with Crippen molar-refractivity contribution in [1.82, 2.24) is 24.6 Å². The predicted molar refractivity (Wildman–Crippen MR) is 96.5 cm³/mol. The fourth-order valence-electron chi connectivity index (χ4n) is 4.05. The molecule has 0 saturated heterocycles. The normalized spacial score (nSPS) is 20.6. The number of hydrogen-bond acceptors (Lipinski definition) is 3. The lowest BCUT2D eigenvalue weighted by Gasteiger charge is -2.34. The molecule has 0 bridgehead atoms. The van der Waals surface area contributed by atoms with Gasteiger partial charge < -0.3 is 4.98 Å². The van der Waals surface area contributed by atoms with Gasteiger partial charge in [-0.3, -0.25) is 4.90 Å². The van der Waals surface area contributed by atoms with Crippen LogP contribution in [0.5, 0.6) is 0 Å². The minimum Gasteiger partial charge on any atom is -0.348 e. The number of rotatable bonds is 4. The fourth-order valence-corrected chi connectivity index (χ4v) is 4.05. The summed E-state index contributed by atoms with van der Waals surface area (Å²) in [4.78, 5) is 10.6. The maximum atomic E-state index is 4.64. The summed E-state index contributed by atoms with van der Waals surface area (Å²) in [6.45, 7) is 4.15. The minimum absolute atomic E-state index is 0.470. The molecule has 1 aromatic carbocycles. The van der Waals surface area contributed by atoms with Crippen molar-refractivity contribution >= 4 is 0 Å². The minimum atomic E-state index is 0.470. The second-order valence-electron chi connectivity index (χ2n) is 7.40. The molecule has 5 nitrogen and oxygen atoms in total. The molecule has 5 heteroatoms. The van der Waals surface area contributed by atoms with Crippen LogP contribution in [0.25, 0.3) is 5.69 Å². The van der Waals surface area contributed by atoms with Gasteiger partial charge in [0.2, 0.25) is 0 Å². The van der Waals surface area contributed by atoms with Crippen LogP contribution >= 0.6 is 0 Å². The Bertz CT molecular complexity index is 889. The predicted octanol–water partition coefficient (Wildman–Crippen LogP) is 3.41. The van der Waals surface area contributed by atoms with Crippen LogP contribution in [0.1, 0.15) is 41.4 Å². The van der Waals surface area contributed by atoms with Crippen molar-refractivity contribution in [3.8, 4) is 5.69 Å². The summed E-state index contributed by atoms with van der Waals surface area (Å²) in [6.07, 6.45) is 9.75. The quantitative estimate of drug-likeness (QED) is 0.796. The van der Waals surface area contributed by atoms with Crippen LogP contribution in [0.3, 0.4) is 0 Å². The van der Waals surface area contributed by atoms with Gasteiger partial charge in [-0.05, 0) is 43.4 Å². The molecule has 128 valence electrons. The second kappa shape index (κ2) is 5.85. The van der Waals surface area contributed by atoms with Crippen LogP contribution < -0.4 is 0 Å². The second-order valence-corrected chi connectivity index (χ2v) is 7.40. The van der Waals surface area contributed by atoms with Gasteiger partial charge in [-0.2, -0.15) is 5.10 Å². The molecule has 2 aliphatic rings. The van der Waals surface area contributed by atoms with E-state index in [4.69, 9.17) is 0 Å². The average Bonchev–Trinajstić information content (AvgIpc) is 3.15. The Kier molecular flexibility index (Phi) is 3.48. The van der Waals surface area contributed by atoms with Crippen LogP contribution in [0.15, 0.2) is 43.0 Å². The molecule has 1 aliphatic heterocycles. The standard InChI is InChI=1S/C20H23N5/c1-14-3-2-4-17(9-14)25-12-15(10-23-25)11-24-8-7-18-19(22-13-21-18)20(24)16-5-6-16/h2-4,9-10,12-13,16,20H,5-8,11H2,1H3,(H,21,22)/t20-/m1/s1. The van der Waals surface area contributed by atoms with Gasteiger partial charge >= 0.3 is 0 Å². The Hall–Kier alpha value is -2.40. The molecule has 1 N–H and O–H groups in total. The van der Waals surface area contributed by atoms with E-state index < -0.39 is 0 Å². The number of aromatic amines is 1. The number of aryl methyl sites for hydroxylation is 1. The molecule has 1 atom stereocenters. The van der Waals surface area contributed by atoms with Gasteiger partial charge in [0, 0.05) is 37.0 Å². The maximum Gasteiger partial charge on any atom is 0.0925 e. The number of fused-ring (bicyclic) bond motifs is 1. The van der Waals surface area contributed by atoms with E-state index in [0.717, 1.165) is 31.1 Å². The molecule has 25 heavy (non-hydrogen) atoms. The molecule has 0 radical (unpaired) electrons. The van der Waals surface area contributed by atoms with Crippen molar-refractivity contribution in [2.45, 2.75) is 38.8 Å². The van der Waals surface area contributed by atoms with Crippen molar-refractivity contribution in [1.29, 1.82) is 0 Å². The lowest BCUT2D eigenvalue weighted by atomic mass is 9.98. The van der Waals surface area contributed by atoms with Crippen LogP contribution in [-0.4, -0.2) is 31.2 Å².